The molecule has 1 heterocycles. The van der Waals surface area contributed by atoms with Crippen LogP contribution in [0.4, 0.5) is 13.2 Å². The predicted molar refractivity (Wildman–Crippen MR) is 63.1 cm³/mol. The minimum absolute atomic E-state index is 0.136. The lowest BCUT2D eigenvalue weighted by Gasteiger charge is -2.33. The summed E-state index contributed by atoms with van der Waals surface area (Å²) in [4.78, 5) is 13.1. The standard InChI is InChI=1S/C12H21F3N2O/c1-9(2)16-6-5-11(18)17-7-3-4-10(8-17)12(13,14)15/h9-10,16H,3-8H2,1-2H3. The predicted octanol–water partition coefficient (Wildman–Crippen LogP) is 2.18. The van der Waals surface area contributed by atoms with Crippen molar-refractivity contribution in [1.82, 2.24) is 10.2 Å². The van der Waals surface area contributed by atoms with Gasteiger partial charge >= 0.3 is 6.18 Å². The molecule has 0 aromatic carbocycles. The van der Waals surface area contributed by atoms with Crippen LogP contribution in [-0.4, -0.2) is 42.7 Å². The van der Waals surface area contributed by atoms with Crippen molar-refractivity contribution in [3.8, 4) is 0 Å². The molecule has 6 heteroatoms. The van der Waals surface area contributed by atoms with Crippen LogP contribution in [0.25, 0.3) is 0 Å². The first-order valence-corrected chi connectivity index (χ1v) is 6.38. The van der Waals surface area contributed by atoms with Crippen LogP contribution < -0.4 is 5.32 Å². The van der Waals surface area contributed by atoms with Crippen LogP contribution in [-0.2, 0) is 4.79 Å². The van der Waals surface area contributed by atoms with Crippen molar-refractivity contribution in [3.63, 3.8) is 0 Å². The van der Waals surface area contributed by atoms with Gasteiger partial charge in [-0.15, -0.1) is 0 Å². The third-order valence-electron chi connectivity index (χ3n) is 3.13. The Hall–Kier alpha value is -0.780. The number of carbonyl (C=O) groups excluding carboxylic acids is 1. The molecule has 0 spiro atoms. The highest BCUT2D eigenvalue weighted by atomic mass is 19.4. The highest BCUT2D eigenvalue weighted by molar-refractivity contribution is 5.76. The molecule has 1 amide bonds. The third-order valence-corrected chi connectivity index (χ3v) is 3.13. The maximum absolute atomic E-state index is 12.6. The second-order valence-electron chi connectivity index (χ2n) is 5.08. The van der Waals surface area contributed by atoms with E-state index in [1.54, 1.807) is 0 Å². The maximum Gasteiger partial charge on any atom is 0.393 e. The summed E-state index contributed by atoms with van der Waals surface area (Å²) in [5, 5.41) is 3.09. The Morgan fingerprint density at radius 1 is 1.44 bits per heavy atom. The number of halogens is 3. The first-order valence-electron chi connectivity index (χ1n) is 6.38. The van der Waals surface area contributed by atoms with Crippen LogP contribution in [0.3, 0.4) is 0 Å². The van der Waals surface area contributed by atoms with Gasteiger partial charge in [0.05, 0.1) is 5.92 Å². The van der Waals surface area contributed by atoms with Gasteiger partial charge in [-0.1, -0.05) is 13.8 Å². The number of hydrogen-bond acceptors (Lipinski definition) is 2. The summed E-state index contributed by atoms with van der Waals surface area (Å²) in [5.41, 5.74) is 0. The molecule has 1 aliphatic rings. The quantitative estimate of drug-likeness (QED) is 0.846. The van der Waals surface area contributed by atoms with E-state index >= 15 is 0 Å². The highest BCUT2D eigenvalue weighted by Crippen LogP contribution is 2.33. The van der Waals surface area contributed by atoms with E-state index in [1.807, 2.05) is 13.8 Å². The van der Waals surface area contributed by atoms with Crippen LogP contribution in [0, 0.1) is 5.92 Å². The minimum atomic E-state index is -4.19. The Labute approximate surface area is 106 Å². The Bertz CT molecular complexity index is 279. The van der Waals surface area contributed by atoms with E-state index in [2.05, 4.69) is 5.32 Å². The molecule has 0 bridgehead atoms. The zero-order valence-corrected chi connectivity index (χ0v) is 10.9. The van der Waals surface area contributed by atoms with Gasteiger partial charge in [0.2, 0.25) is 5.91 Å². The number of nitrogens with one attached hydrogen (secondary N) is 1. The number of amides is 1. The normalized spacial score (nSPS) is 21.4. The second-order valence-corrected chi connectivity index (χ2v) is 5.08. The van der Waals surface area contributed by atoms with Crippen molar-refractivity contribution < 1.29 is 18.0 Å². The fourth-order valence-electron chi connectivity index (χ4n) is 2.10. The maximum atomic E-state index is 12.6. The van der Waals surface area contributed by atoms with Gasteiger partial charge in [0.1, 0.15) is 0 Å². The van der Waals surface area contributed by atoms with Crippen molar-refractivity contribution in [1.29, 1.82) is 0 Å². The van der Waals surface area contributed by atoms with Crippen LogP contribution in [0.1, 0.15) is 33.1 Å². The van der Waals surface area contributed by atoms with E-state index in [0.717, 1.165) is 0 Å². The Balaban J connectivity index is 2.39. The molecule has 0 aromatic rings. The molecule has 1 N–H and O–H groups in total. The molecular weight excluding hydrogens is 245 g/mol. The molecule has 1 rings (SSSR count). The summed E-state index contributed by atoms with van der Waals surface area (Å²) in [7, 11) is 0. The van der Waals surface area contributed by atoms with E-state index in [-0.39, 0.29) is 31.3 Å². The van der Waals surface area contributed by atoms with Gasteiger partial charge in [-0.3, -0.25) is 4.79 Å². The molecule has 1 fully saturated rings. The number of likely N-dealkylation sites (tertiary alicyclic amines) is 1. The van der Waals surface area contributed by atoms with Gasteiger partial charge in [-0.25, -0.2) is 0 Å². The summed E-state index contributed by atoms with van der Waals surface area (Å²) in [5.74, 6) is -1.54. The molecule has 1 atom stereocenters. The SMILES string of the molecule is CC(C)NCCC(=O)N1CCCC(C(F)(F)F)C1. The molecule has 1 aliphatic heterocycles. The number of carbonyl (C=O) groups is 1. The molecule has 3 nitrogen and oxygen atoms in total. The second kappa shape index (κ2) is 6.41. The number of nitrogens with zero attached hydrogens (tertiary/aromatic N) is 1. The van der Waals surface area contributed by atoms with Gasteiger partial charge in [0, 0.05) is 32.1 Å². The third kappa shape index (κ3) is 4.84. The topological polar surface area (TPSA) is 32.3 Å². The minimum Gasteiger partial charge on any atom is -0.342 e. The van der Waals surface area contributed by atoms with Crippen molar-refractivity contribution >= 4 is 5.91 Å². The van der Waals surface area contributed by atoms with E-state index in [4.69, 9.17) is 0 Å². The van der Waals surface area contributed by atoms with Crippen molar-refractivity contribution in [2.45, 2.75) is 45.3 Å². The molecule has 18 heavy (non-hydrogen) atoms. The summed E-state index contributed by atoms with van der Waals surface area (Å²) in [6, 6.07) is 0.280. The molecule has 0 aliphatic carbocycles. The van der Waals surface area contributed by atoms with Crippen LogP contribution >= 0.6 is 0 Å². The zero-order chi connectivity index (χ0) is 13.8. The fourth-order valence-corrected chi connectivity index (χ4v) is 2.10. The van der Waals surface area contributed by atoms with Crippen molar-refractivity contribution in [3.05, 3.63) is 0 Å². The first kappa shape index (κ1) is 15.3. The molecule has 0 aromatic heterocycles. The van der Waals surface area contributed by atoms with E-state index in [0.29, 0.717) is 19.5 Å². The summed E-state index contributed by atoms with van der Waals surface area (Å²) in [6.07, 6.45) is -3.34. The van der Waals surface area contributed by atoms with Gasteiger partial charge < -0.3 is 10.2 Å². The summed E-state index contributed by atoms with van der Waals surface area (Å²) < 4.78 is 37.8. The van der Waals surface area contributed by atoms with Gasteiger partial charge in [-0.2, -0.15) is 13.2 Å². The van der Waals surface area contributed by atoms with Crippen molar-refractivity contribution in [2.75, 3.05) is 19.6 Å². The first-order chi connectivity index (χ1) is 8.30. The van der Waals surface area contributed by atoms with Crippen LogP contribution in [0.5, 0.6) is 0 Å². The average Bonchev–Trinajstić information content (AvgIpc) is 2.27. The van der Waals surface area contributed by atoms with Crippen LogP contribution in [0.15, 0.2) is 0 Å². The number of piperidine rings is 1. The Morgan fingerprint density at radius 3 is 2.67 bits per heavy atom. The molecule has 106 valence electrons. The Morgan fingerprint density at radius 2 is 2.11 bits per heavy atom. The molecule has 0 radical (unpaired) electrons. The highest BCUT2D eigenvalue weighted by Gasteiger charge is 2.42. The lowest BCUT2D eigenvalue weighted by molar-refractivity contribution is -0.188. The van der Waals surface area contributed by atoms with E-state index < -0.39 is 12.1 Å². The van der Waals surface area contributed by atoms with E-state index in [9.17, 15) is 18.0 Å². The summed E-state index contributed by atoms with van der Waals surface area (Å²) >= 11 is 0. The number of rotatable bonds is 4. The largest absolute Gasteiger partial charge is 0.393 e. The molecular formula is C12H21F3N2O. The van der Waals surface area contributed by atoms with E-state index in [1.165, 1.54) is 4.90 Å². The lowest BCUT2D eigenvalue weighted by atomic mass is 9.97. The molecule has 1 unspecified atom stereocenters. The fraction of sp³-hybridized carbons (Fsp3) is 0.917. The smallest absolute Gasteiger partial charge is 0.342 e. The number of hydrogen-bond donors (Lipinski definition) is 1. The van der Waals surface area contributed by atoms with Gasteiger partial charge in [0.25, 0.3) is 0 Å². The summed E-state index contributed by atoms with van der Waals surface area (Å²) in [6.45, 7) is 4.72. The van der Waals surface area contributed by atoms with Gasteiger partial charge in [-0.05, 0) is 12.8 Å². The lowest BCUT2D eigenvalue weighted by Crippen LogP contribution is -2.45. The van der Waals surface area contributed by atoms with Gasteiger partial charge in [0.15, 0.2) is 0 Å². The molecule has 1 saturated heterocycles. The monoisotopic (exact) mass is 266 g/mol. The Kier molecular flexibility index (Phi) is 5.44. The van der Waals surface area contributed by atoms with Crippen LogP contribution in [0.2, 0.25) is 0 Å². The average molecular weight is 266 g/mol. The molecule has 0 saturated carbocycles. The van der Waals surface area contributed by atoms with Crippen molar-refractivity contribution in [2.24, 2.45) is 5.92 Å². The zero-order valence-electron chi connectivity index (χ0n) is 10.9. The number of alkyl halides is 3.